The Morgan fingerprint density at radius 1 is 0.714 bits per heavy atom. The average molecular weight is 674 g/mol. The molecule has 0 saturated heterocycles. The van der Waals surface area contributed by atoms with Crippen LogP contribution in [0.3, 0.4) is 0 Å². The average Bonchev–Trinajstić information content (AvgIpc) is 3.43. The molecular weight excluding hydrogens is 638 g/mol. The van der Waals surface area contributed by atoms with E-state index < -0.39 is 42.1 Å². The molecule has 1 atom stereocenters. The van der Waals surface area contributed by atoms with E-state index in [-0.39, 0.29) is 45.2 Å². The summed E-state index contributed by atoms with van der Waals surface area (Å²) in [7, 11) is 0. The van der Waals surface area contributed by atoms with Crippen LogP contribution in [-0.2, 0) is 38.8 Å². The number of imide groups is 1. The number of aliphatic imine (C=N–C) groups is 1. The SMILES string of the molecule is NC(=NCCC[C@@H](C(=O)On1c(O)ccc1O)N(C(=O)OCc1ccccc1)C(=O)OCc1ccccc1)NC(=O)OCc1ccccc1. The standard InChI is InChI=1S/C34H35N5O10/c35-31(37-32(43)46-21-24-11-4-1-5-12-24)36-20-10-17-27(30(42)49-39-28(40)18-19-29(39)41)38(33(44)47-22-25-13-6-2-7-14-25)34(45)48-23-26-15-8-3-9-16-26/h1-9,11-16,18-19,27,40-41H,10,17,20-23H2,(H3,35,36,37,43)/t27-/m0/s1. The lowest BCUT2D eigenvalue weighted by Gasteiger charge is -2.27. The monoisotopic (exact) mass is 673 g/mol. The van der Waals surface area contributed by atoms with Gasteiger partial charge in [0.15, 0.2) is 5.96 Å². The Labute approximate surface area is 281 Å². The van der Waals surface area contributed by atoms with Crippen molar-refractivity contribution in [3.05, 3.63) is 120 Å². The molecule has 0 spiro atoms. The molecule has 0 unspecified atom stereocenters. The van der Waals surface area contributed by atoms with Crippen molar-refractivity contribution in [2.24, 2.45) is 10.7 Å². The second kappa shape index (κ2) is 18.0. The van der Waals surface area contributed by atoms with E-state index in [9.17, 15) is 29.4 Å². The number of nitrogens with two attached hydrogens (primary N) is 1. The predicted molar refractivity (Wildman–Crippen MR) is 174 cm³/mol. The highest BCUT2D eigenvalue weighted by molar-refractivity contribution is 5.94. The third-order valence-electron chi connectivity index (χ3n) is 6.73. The Morgan fingerprint density at radius 2 is 1.16 bits per heavy atom. The number of carbonyl (C=O) groups is 4. The number of nitrogens with one attached hydrogen (secondary N) is 1. The van der Waals surface area contributed by atoms with Crippen LogP contribution in [0.5, 0.6) is 11.8 Å². The number of aromatic hydroxyl groups is 2. The third-order valence-corrected chi connectivity index (χ3v) is 6.73. The van der Waals surface area contributed by atoms with Gasteiger partial charge in [-0.1, -0.05) is 91.0 Å². The number of hydrogen-bond donors (Lipinski definition) is 4. The molecule has 0 fully saturated rings. The Morgan fingerprint density at radius 3 is 1.63 bits per heavy atom. The van der Waals surface area contributed by atoms with Crippen molar-refractivity contribution in [1.29, 1.82) is 0 Å². The zero-order valence-electron chi connectivity index (χ0n) is 26.2. The molecule has 4 rings (SSSR count). The molecule has 15 nitrogen and oxygen atoms in total. The van der Waals surface area contributed by atoms with Gasteiger partial charge in [-0.15, -0.1) is 4.73 Å². The highest BCUT2D eigenvalue weighted by Crippen LogP contribution is 2.21. The van der Waals surface area contributed by atoms with E-state index in [4.69, 9.17) is 24.8 Å². The Bertz CT molecular complexity index is 1640. The molecular formula is C34H35N5O10. The molecule has 4 aromatic rings. The van der Waals surface area contributed by atoms with Crippen LogP contribution in [0.15, 0.2) is 108 Å². The van der Waals surface area contributed by atoms with Crippen molar-refractivity contribution in [1.82, 2.24) is 14.9 Å². The molecule has 0 aliphatic carbocycles. The number of hydrogen-bond acceptors (Lipinski definition) is 11. The number of alkyl carbamates (subject to hydrolysis) is 1. The second-order valence-electron chi connectivity index (χ2n) is 10.3. The maximum atomic E-state index is 13.5. The van der Waals surface area contributed by atoms with E-state index in [0.29, 0.717) is 20.8 Å². The van der Waals surface area contributed by atoms with E-state index in [1.165, 1.54) is 0 Å². The first kappa shape index (κ1) is 35.3. The van der Waals surface area contributed by atoms with Crippen molar-refractivity contribution >= 4 is 30.2 Å². The summed E-state index contributed by atoms with van der Waals surface area (Å²) in [6.45, 7) is -0.556. The van der Waals surface area contributed by atoms with Gasteiger partial charge in [0.2, 0.25) is 11.8 Å². The first-order valence-electron chi connectivity index (χ1n) is 15.0. The van der Waals surface area contributed by atoms with E-state index in [2.05, 4.69) is 10.3 Å². The van der Waals surface area contributed by atoms with Gasteiger partial charge in [0.1, 0.15) is 25.9 Å². The van der Waals surface area contributed by atoms with Crippen LogP contribution < -0.4 is 15.9 Å². The lowest BCUT2D eigenvalue weighted by Crippen LogP contribution is -2.51. The molecule has 0 radical (unpaired) electrons. The Kier molecular flexibility index (Phi) is 13.0. The zero-order chi connectivity index (χ0) is 35.0. The summed E-state index contributed by atoms with van der Waals surface area (Å²) in [6, 6.07) is 26.7. The molecule has 1 aromatic heterocycles. The minimum atomic E-state index is -1.70. The van der Waals surface area contributed by atoms with Crippen LogP contribution in [0.2, 0.25) is 0 Å². The number of nitrogens with zero attached hydrogens (tertiary/aromatic N) is 3. The van der Waals surface area contributed by atoms with Gasteiger partial charge < -0.3 is 35.0 Å². The summed E-state index contributed by atoms with van der Waals surface area (Å²) in [4.78, 5) is 62.2. The van der Waals surface area contributed by atoms with Gasteiger partial charge in [0.05, 0.1) is 0 Å². The van der Waals surface area contributed by atoms with Crippen molar-refractivity contribution < 1.29 is 48.4 Å². The van der Waals surface area contributed by atoms with Crippen LogP contribution in [0, 0.1) is 0 Å². The lowest BCUT2D eigenvalue weighted by atomic mass is 10.1. The molecule has 3 amide bonds. The summed E-state index contributed by atoms with van der Waals surface area (Å²) < 4.78 is 16.3. The largest absolute Gasteiger partial charge is 0.492 e. The molecule has 0 saturated carbocycles. The molecule has 3 aromatic carbocycles. The van der Waals surface area contributed by atoms with Crippen molar-refractivity contribution in [2.75, 3.05) is 6.54 Å². The summed E-state index contributed by atoms with van der Waals surface area (Å²) >= 11 is 0. The number of guanidine groups is 1. The number of aromatic nitrogens is 1. The smallest absolute Gasteiger partial charge is 0.420 e. The highest BCUT2D eigenvalue weighted by Gasteiger charge is 2.39. The van der Waals surface area contributed by atoms with Crippen molar-refractivity contribution in [3.63, 3.8) is 0 Å². The minimum Gasteiger partial charge on any atom is -0.492 e. The van der Waals surface area contributed by atoms with Crippen molar-refractivity contribution in [2.45, 2.75) is 38.7 Å². The van der Waals surface area contributed by atoms with Gasteiger partial charge in [-0.25, -0.2) is 19.2 Å². The number of amides is 3. The number of rotatable bonds is 13. The first-order valence-corrected chi connectivity index (χ1v) is 15.0. The lowest BCUT2D eigenvalue weighted by molar-refractivity contribution is -0.151. The van der Waals surface area contributed by atoms with Crippen LogP contribution in [0.4, 0.5) is 14.4 Å². The fourth-order valence-corrected chi connectivity index (χ4v) is 4.29. The number of ether oxygens (including phenoxy) is 3. The topological polar surface area (TPSA) is 204 Å². The maximum Gasteiger partial charge on any atom is 0.420 e. The molecule has 15 heteroatoms. The molecule has 256 valence electrons. The summed E-state index contributed by atoms with van der Waals surface area (Å²) in [6.07, 6.45) is -3.55. The number of carbonyl (C=O) groups excluding carboxylic acids is 4. The normalized spacial score (nSPS) is 11.6. The fourth-order valence-electron chi connectivity index (χ4n) is 4.29. The van der Waals surface area contributed by atoms with Crippen LogP contribution >= 0.6 is 0 Å². The molecule has 1 heterocycles. The molecule has 0 aliphatic heterocycles. The summed E-state index contributed by atoms with van der Waals surface area (Å²) in [5.41, 5.74) is 7.80. The predicted octanol–water partition coefficient (Wildman–Crippen LogP) is 4.22. The van der Waals surface area contributed by atoms with Gasteiger partial charge in [0.25, 0.3) is 0 Å². The third kappa shape index (κ3) is 11.1. The van der Waals surface area contributed by atoms with E-state index in [0.717, 1.165) is 17.7 Å². The van der Waals surface area contributed by atoms with E-state index >= 15 is 0 Å². The Balaban J connectivity index is 1.49. The second-order valence-corrected chi connectivity index (χ2v) is 10.3. The van der Waals surface area contributed by atoms with Gasteiger partial charge in [-0.05, 0) is 29.5 Å². The maximum absolute atomic E-state index is 13.5. The van der Waals surface area contributed by atoms with Crippen LogP contribution in [-0.4, -0.2) is 62.6 Å². The molecule has 0 bridgehead atoms. The summed E-state index contributed by atoms with van der Waals surface area (Å²) in [5, 5.41) is 22.4. The number of benzene rings is 3. The van der Waals surface area contributed by atoms with E-state index in [1.54, 1.807) is 84.9 Å². The van der Waals surface area contributed by atoms with Crippen molar-refractivity contribution in [3.8, 4) is 11.8 Å². The minimum absolute atomic E-state index is 0.00677. The zero-order valence-corrected chi connectivity index (χ0v) is 26.2. The quantitative estimate of drug-likeness (QED) is 0.0684. The molecule has 5 N–H and O–H groups in total. The van der Waals surface area contributed by atoms with Crippen LogP contribution in [0.25, 0.3) is 0 Å². The van der Waals surface area contributed by atoms with Gasteiger partial charge in [-0.2, -0.15) is 4.90 Å². The first-order chi connectivity index (χ1) is 23.7. The highest BCUT2D eigenvalue weighted by atomic mass is 16.7. The van der Waals surface area contributed by atoms with Gasteiger partial charge in [-0.3, -0.25) is 10.3 Å². The molecule has 0 aliphatic rings. The molecule has 49 heavy (non-hydrogen) atoms. The van der Waals surface area contributed by atoms with E-state index in [1.807, 2.05) is 6.07 Å². The summed E-state index contributed by atoms with van der Waals surface area (Å²) in [5.74, 6) is -2.76. The fraction of sp³-hybridized carbons (Fsp3) is 0.206. The van der Waals surface area contributed by atoms with Crippen LogP contribution in [0.1, 0.15) is 29.5 Å². The van der Waals surface area contributed by atoms with Gasteiger partial charge in [0, 0.05) is 18.7 Å². The van der Waals surface area contributed by atoms with Gasteiger partial charge >= 0.3 is 24.2 Å². The Hall–Kier alpha value is -6.51.